The molecule has 0 bridgehead atoms. The summed E-state index contributed by atoms with van der Waals surface area (Å²) < 4.78 is 0. The summed E-state index contributed by atoms with van der Waals surface area (Å²) in [6.07, 6.45) is 5.58. The van der Waals surface area contributed by atoms with Gasteiger partial charge >= 0.3 is 0 Å². The van der Waals surface area contributed by atoms with Crippen LogP contribution in [0, 0.1) is 0 Å². The number of rotatable bonds is 7. The molecule has 2 saturated heterocycles. The number of likely N-dealkylation sites (tertiary alicyclic amines) is 1. The van der Waals surface area contributed by atoms with Crippen molar-refractivity contribution >= 4 is 5.91 Å². The van der Waals surface area contributed by atoms with Crippen LogP contribution in [0.25, 0.3) is 0 Å². The van der Waals surface area contributed by atoms with Gasteiger partial charge in [-0.25, -0.2) is 5.43 Å². The third-order valence-electron chi connectivity index (χ3n) is 5.52. The first-order chi connectivity index (χ1) is 12.3. The molecule has 0 saturated carbocycles. The van der Waals surface area contributed by atoms with Gasteiger partial charge in [-0.1, -0.05) is 43.7 Å². The summed E-state index contributed by atoms with van der Waals surface area (Å²) in [6, 6.07) is 11.2. The number of hydrogen-bond donors (Lipinski definition) is 3. The number of carbonyl (C=O) groups excluding carboxylic acids is 1. The molecule has 0 aromatic heterocycles. The number of nitrogens with one attached hydrogen (secondary N) is 3. The van der Waals surface area contributed by atoms with E-state index >= 15 is 0 Å². The van der Waals surface area contributed by atoms with Gasteiger partial charge in [-0.3, -0.25) is 10.2 Å². The number of amides is 1. The second-order valence-corrected chi connectivity index (χ2v) is 7.38. The van der Waals surface area contributed by atoms with Crippen LogP contribution in [0.15, 0.2) is 30.3 Å². The molecule has 5 nitrogen and oxygen atoms in total. The molecular formula is C20H32N4O. The predicted octanol–water partition coefficient (Wildman–Crippen LogP) is 2.02. The Morgan fingerprint density at radius 2 is 1.96 bits per heavy atom. The molecular weight excluding hydrogens is 312 g/mol. The average Bonchev–Trinajstić information content (AvgIpc) is 3.12. The Bertz CT molecular complexity index is 528. The first-order valence-electron chi connectivity index (χ1n) is 9.82. The van der Waals surface area contributed by atoms with Crippen LogP contribution in [-0.2, 0) is 4.79 Å². The Balaban J connectivity index is 1.32. The molecule has 2 aliphatic heterocycles. The van der Waals surface area contributed by atoms with Gasteiger partial charge in [0.2, 0.25) is 5.91 Å². The van der Waals surface area contributed by atoms with E-state index in [0.29, 0.717) is 12.0 Å². The van der Waals surface area contributed by atoms with Crippen molar-refractivity contribution in [3.8, 4) is 0 Å². The first-order valence-corrected chi connectivity index (χ1v) is 9.82. The zero-order chi connectivity index (χ0) is 17.5. The van der Waals surface area contributed by atoms with Crippen LogP contribution in [0.1, 0.15) is 50.5 Å². The largest absolute Gasteiger partial charge is 0.353 e. The van der Waals surface area contributed by atoms with Crippen LogP contribution in [0.4, 0.5) is 0 Å². The van der Waals surface area contributed by atoms with Crippen LogP contribution in [-0.4, -0.2) is 49.1 Å². The molecule has 0 aliphatic carbocycles. The Kier molecular flexibility index (Phi) is 6.84. The molecule has 2 fully saturated rings. The maximum atomic E-state index is 12.2. The van der Waals surface area contributed by atoms with Gasteiger partial charge in [-0.05, 0) is 50.3 Å². The number of hydrogen-bond acceptors (Lipinski definition) is 4. The Morgan fingerprint density at radius 1 is 1.20 bits per heavy atom. The summed E-state index contributed by atoms with van der Waals surface area (Å²) in [5.41, 5.74) is 7.82. The molecule has 0 spiro atoms. The van der Waals surface area contributed by atoms with Crippen molar-refractivity contribution in [3.05, 3.63) is 35.9 Å². The summed E-state index contributed by atoms with van der Waals surface area (Å²) in [4.78, 5) is 14.7. The average molecular weight is 345 g/mol. The highest BCUT2D eigenvalue weighted by Gasteiger charge is 2.28. The summed E-state index contributed by atoms with van der Waals surface area (Å²) in [6.45, 7) is 6.11. The topological polar surface area (TPSA) is 56.4 Å². The molecule has 1 amide bonds. The van der Waals surface area contributed by atoms with E-state index in [-0.39, 0.29) is 11.9 Å². The summed E-state index contributed by atoms with van der Waals surface area (Å²) in [5, 5.41) is 3.09. The lowest BCUT2D eigenvalue weighted by atomic mass is 9.89. The fourth-order valence-corrected chi connectivity index (χ4v) is 4.01. The Labute approximate surface area is 151 Å². The second kappa shape index (κ2) is 9.32. The minimum Gasteiger partial charge on any atom is -0.353 e. The summed E-state index contributed by atoms with van der Waals surface area (Å²) >= 11 is 0. The molecule has 2 unspecified atom stereocenters. The van der Waals surface area contributed by atoms with Crippen LogP contribution >= 0.6 is 0 Å². The number of benzene rings is 1. The fraction of sp³-hybridized carbons (Fsp3) is 0.650. The molecule has 3 N–H and O–H groups in total. The lowest BCUT2D eigenvalue weighted by Gasteiger charge is -2.32. The highest BCUT2D eigenvalue weighted by atomic mass is 16.2. The zero-order valence-electron chi connectivity index (χ0n) is 15.3. The second-order valence-electron chi connectivity index (χ2n) is 7.38. The lowest BCUT2D eigenvalue weighted by Crippen LogP contribution is -2.46. The van der Waals surface area contributed by atoms with Crippen LogP contribution in [0.2, 0.25) is 0 Å². The number of piperidine rings is 1. The van der Waals surface area contributed by atoms with Crippen molar-refractivity contribution in [2.45, 2.75) is 57.0 Å². The highest BCUT2D eigenvalue weighted by Crippen LogP contribution is 2.27. The van der Waals surface area contributed by atoms with Crippen molar-refractivity contribution in [3.63, 3.8) is 0 Å². The van der Waals surface area contributed by atoms with Crippen molar-refractivity contribution in [2.75, 3.05) is 26.2 Å². The van der Waals surface area contributed by atoms with Gasteiger partial charge in [-0.2, -0.15) is 0 Å². The van der Waals surface area contributed by atoms with E-state index in [1.54, 1.807) is 0 Å². The third-order valence-corrected chi connectivity index (χ3v) is 5.52. The van der Waals surface area contributed by atoms with E-state index in [2.05, 4.69) is 58.3 Å². The number of hydrazine groups is 1. The van der Waals surface area contributed by atoms with Crippen molar-refractivity contribution in [2.24, 2.45) is 0 Å². The van der Waals surface area contributed by atoms with Crippen molar-refractivity contribution in [1.82, 2.24) is 21.1 Å². The Morgan fingerprint density at radius 3 is 2.68 bits per heavy atom. The van der Waals surface area contributed by atoms with Gasteiger partial charge in [0.05, 0.1) is 0 Å². The molecule has 2 atom stereocenters. The van der Waals surface area contributed by atoms with E-state index < -0.39 is 0 Å². The summed E-state index contributed by atoms with van der Waals surface area (Å²) in [5.74, 6) is 0.821. The van der Waals surface area contributed by atoms with Crippen LogP contribution in [0.3, 0.4) is 0 Å². The van der Waals surface area contributed by atoms with E-state index in [0.717, 1.165) is 45.4 Å². The molecule has 1 aromatic carbocycles. The van der Waals surface area contributed by atoms with Crippen molar-refractivity contribution < 1.29 is 4.79 Å². The van der Waals surface area contributed by atoms with Crippen LogP contribution < -0.4 is 16.2 Å². The molecule has 138 valence electrons. The molecule has 2 aliphatic rings. The Hall–Kier alpha value is -1.43. The van der Waals surface area contributed by atoms with Gasteiger partial charge in [-0.15, -0.1) is 0 Å². The zero-order valence-corrected chi connectivity index (χ0v) is 15.3. The molecule has 25 heavy (non-hydrogen) atoms. The van der Waals surface area contributed by atoms with E-state index in [1.807, 2.05) is 0 Å². The van der Waals surface area contributed by atoms with Crippen LogP contribution in [0.5, 0.6) is 0 Å². The first kappa shape index (κ1) is 18.4. The minimum absolute atomic E-state index is 0.0830. The molecule has 3 rings (SSSR count). The van der Waals surface area contributed by atoms with Gasteiger partial charge < -0.3 is 10.2 Å². The molecule has 1 aromatic rings. The van der Waals surface area contributed by atoms with Gasteiger partial charge in [0, 0.05) is 19.1 Å². The molecule has 0 radical (unpaired) electrons. The number of nitrogens with zero attached hydrogens (tertiary/aromatic N) is 1. The van der Waals surface area contributed by atoms with E-state index in [9.17, 15) is 4.79 Å². The maximum Gasteiger partial charge on any atom is 0.238 e. The molecule has 5 heteroatoms. The number of carbonyl (C=O) groups is 1. The normalized spacial score (nSPS) is 25.2. The maximum absolute atomic E-state index is 12.2. The quantitative estimate of drug-likeness (QED) is 0.708. The van der Waals surface area contributed by atoms with E-state index in [1.165, 1.54) is 18.4 Å². The monoisotopic (exact) mass is 344 g/mol. The van der Waals surface area contributed by atoms with E-state index in [4.69, 9.17) is 0 Å². The summed E-state index contributed by atoms with van der Waals surface area (Å²) in [7, 11) is 0. The SMILES string of the molecule is CCCC1CC(C(=O)NCCN2CCC(c3ccccc3)CC2)NN1. The highest BCUT2D eigenvalue weighted by molar-refractivity contribution is 5.82. The minimum atomic E-state index is -0.0830. The fourth-order valence-electron chi connectivity index (χ4n) is 4.01. The third kappa shape index (κ3) is 5.27. The predicted molar refractivity (Wildman–Crippen MR) is 101 cm³/mol. The van der Waals surface area contributed by atoms with Gasteiger partial charge in [0.15, 0.2) is 0 Å². The van der Waals surface area contributed by atoms with Crippen molar-refractivity contribution in [1.29, 1.82) is 0 Å². The van der Waals surface area contributed by atoms with Gasteiger partial charge in [0.25, 0.3) is 0 Å². The smallest absolute Gasteiger partial charge is 0.238 e. The standard InChI is InChI=1S/C20H32N4O/c1-2-6-18-15-19(23-22-18)20(25)21-11-14-24-12-9-17(10-13-24)16-7-4-3-5-8-16/h3-5,7-8,17-19,22-23H,2,6,9-15H2,1H3,(H,21,25). The van der Waals surface area contributed by atoms with Gasteiger partial charge in [0.1, 0.15) is 6.04 Å². The lowest BCUT2D eigenvalue weighted by molar-refractivity contribution is -0.122. The molecule has 2 heterocycles.